The second-order valence-electron chi connectivity index (χ2n) is 6.23. The summed E-state index contributed by atoms with van der Waals surface area (Å²) < 4.78 is 0.154. The summed E-state index contributed by atoms with van der Waals surface area (Å²) >= 11 is 1.93. The lowest BCUT2D eigenvalue weighted by molar-refractivity contribution is 0.251. The Kier molecular flexibility index (Phi) is 5.35. The van der Waals surface area contributed by atoms with E-state index in [2.05, 4.69) is 27.5 Å². The number of amides is 2. The number of benzene rings is 1. The van der Waals surface area contributed by atoms with Gasteiger partial charge in [0, 0.05) is 23.9 Å². The Morgan fingerprint density at radius 2 is 2.12 bits per heavy atom. The number of nitrogens with one attached hydrogen (secondary N) is 2. The van der Waals surface area contributed by atoms with Crippen LogP contribution in [0.4, 0.5) is 10.6 Å². The summed E-state index contributed by atoms with van der Waals surface area (Å²) in [4.78, 5) is 20.8. The number of thioether (sulfide) groups is 1. The van der Waals surface area contributed by atoms with Gasteiger partial charge in [-0.25, -0.2) is 14.8 Å². The van der Waals surface area contributed by atoms with Crippen molar-refractivity contribution < 1.29 is 4.79 Å². The van der Waals surface area contributed by atoms with E-state index in [9.17, 15) is 4.79 Å². The van der Waals surface area contributed by atoms with Crippen molar-refractivity contribution in [2.24, 2.45) is 0 Å². The molecule has 0 saturated carbocycles. The molecular formula is C18H22N4OS. The van der Waals surface area contributed by atoms with Crippen molar-refractivity contribution in [1.82, 2.24) is 15.3 Å². The van der Waals surface area contributed by atoms with E-state index in [1.54, 1.807) is 12.3 Å². The Morgan fingerprint density at radius 1 is 1.29 bits per heavy atom. The maximum absolute atomic E-state index is 12.1. The van der Waals surface area contributed by atoms with Gasteiger partial charge in [0.15, 0.2) is 0 Å². The fourth-order valence-electron chi connectivity index (χ4n) is 2.74. The minimum atomic E-state index is -0.215. The first-order valence-electron chi connectivity index (χ1n) is 8.18. The van der Waals surface area contributed by atoms with Crippen molar-refractivity contribution >= 4 is 23.6 Å². The van der Waals surface area contributed by atoms with Gasteiger partial charge in [-0.3, -0.25) is 5.32 Å². The molecule has 2 heterocycles. The first kappa shape index (κ1) is 16.8. The van der Waals surface area contributed by atoms with E-state index in [-0.39, 0.29) is 10.8 Å². The molecule has 3 rings (SSSR count). The quantitative estimate of drug-likeness (QED) is 0.873. The number of aromatic nitrogens is 2. The highest BCUT2D eigenvalue weighted by Crippen LogP contribution is 2.36. The van der Waals surface area contributed by atoms with Crippen LogP contribution in [-0.4, -0.2) is 33.0 Å². The molecule has 2 N–H and O–H groups in total. The number of carbonyl (C=O) groups is 1. The summed E-state index contributed by atoms with van der Waals surface area (Å²) in [6, 6.07) is 11.5. The molecule has 1 aromatic heterocycles. The van der Waals surface area contributed by atoms with E-state index >= 15 is 0 Å². The highest BCUT2D eigenvalue weighted by atomic mass is 32.2. The van der Waals surface area contributed by atoms with E-state index in [1.165, 1.54) is 12.2 Å². The lowest BCUT2D eigenvalue weighted by atomic mass is 10.1. The monoisotopic (exact) mass is 342 g/mol. The van der Waals surface area contributed by atoms with Crippen LogP contribution in [0.3, 0.4) is 0 Å². The van der Waals surface area contributed by atoms with Crippen LogP contribution in [-0.2, 0) is 6.42 Å². The van der Waals surface area contributed by atoms with Crippen LogP contribution < -0.4 is 10.6 Å². The Labute approximate surface area is 146 Å². The Bertz CT molecular complexity index is 686. The largest absolute Gasteiger partial charge is 0.336 e. The first-order chi connectivity index (χ1) is 11.6. The number of carbonyl (C=O) groups excluding carboxylic acids is 1. The number of urea groups is 1. The predicted molar refractivity (Wildman–Crippen MR) is 98.4 cm³/mol. The summed E-state index contributed by atoms with van der Waals surface area (Å²) in [5, 5.41) is 5.75. The normalized spacial score (nSPS) is 19.9. The molecule has 24 heavy (non-hydrogen) atoms. The number of hydrogen-bond acceptors (Lipinski definition) is 4. The zero-order valence-corrected chi connectivity index (χ0v) is 14.6. The SMILES string of the molecule is CC1(CNC(=O)Nc2ccnc(Cc3ccccc3)n2)CCCS1. The number of anilines is 1. The maximum atomic E-state index is 12.1. The Hall–Kier alpha value is -2.08. The summed E-state index contributed by atoms with van der Waals surface area (Å²) in [5.74, 6) is 2.39. The molecular weight excluding hydrogens is 320 g/mol. The highest BCUT2D eigenvalue weighted by molar-refractivity contribution is 8.00. The molecule has 5 nitrogen and oxygen atoms in total. The fraction of sp³-hybridized carbons (Fsp3) is 0.389. The zero-order chi connectivity index (χ0) is 16.8. The molecule has 1 unspecified atom stereocenters. The molecule has 1 aliphatic heterocycles. The average Bonchev–Trinajstić information content (AvgIpc) is 3.02. The van der Waals surface area contributed by atoms with E-state index in [0.717, 1.165) is 12.0 Å². The third-order valence-corrected chi connectivity index (χ3v) is 5.61. The maximum Gasteiger partial charge on any atom is 0.320 e. The van der Waals surface area contributed by atoms with Crippen LogP contribution >= 0.6 is 11.8 Å². The van der Waals surface area contributed by atoms with Gasteiger partial charge < -0.3 is 5.32 Å². The molecule has 1 atom stereocenters. The summed E-state index contributed by atoms with van der Waals surface area (Å²) in [6.07, 6.45) is 4.69. The zero-order valence-electron chi connectivity index (χ0n) is 13.8. The van der Waals surface area contributed by atoms with Gasteiger partial charge in [0.2, 0.25) is 0 Å². The third kappa shape index (κ3) is 4.71. The van der Waals surface area contributed by atoms with Gasteiger partial charge in [0.1, 0.15) is 11.6 Å². The molecule has 126 valence electrons. The van der Waals surface area contributed by atoms with Crippen LogP contribution in [0, 0.1) is 0 Å². The Balaban J connectivity index is 1.55. The summed E-state index contributed by atoms with van der Waals surface area (Å²) in [7, 11) is 0. The van der Waals surface area contributed by atoms with Crippen LogP contribution in [0.5, 0.6) is 0 Å². The van der Waals surface area contributed by atoms with E-state index in [4.69, 9.17) is 0 Å². The van der Waals surface area contributed by atoms with Gasteiger partial charge in [-0.15, -0.1) is 0 Å². The molecule has 2 amide bonds. The van der Waals surface area contributed by atoms with Crippen molar-refractivity contribution in [3.8, 4) is 0 Å². The molecule has 2 aromatic rings. The van der Waals surface area contributed by atoms with Crippen LogP contribution in [0.15, 0.2) is 42.6 Å². The molecule has 0 spiro atoms. The van der Waals surface area contributed by atoms with Crippen molar-refractivity contribution in [3.63, 3.8) is 0 Å². The second kappa shape index (κ2) is 7.66. The van der Waals surface area contributed by atoms with Gasteiger partial charge in [-0.05, 0) is 37.1 Å². The van der Waals surface area contributed by atoms with Crippen LogP contribution in [0.2, 0.25) is 0 Å². The highest BCUT2D eigenvalue weighted by Gasteiger charge is 2.29. The molecule has 0 bridgehead atoms. The second-order valence-corrected chi connectivity index (χ2v) is 7.91. The number of hydrogen-bond donors (Lipinski definition) is 2. The molecule has 6 heteroatoms. The minimum absolute atomic E-state index is 0.154. The van der Waals surface area contributed by atoms with Gasteiger partial charge in [0.25, 0.3) is 0 Å². The van der Waals surface area contributed by atoms with Gasteiger partial charge in [-0.1, -0.05) is 30.3 Å². The van der Waals surface area contributed by atoms with Crippen molar-refractivity contribution in [2.45, 2.75) is 30.9 Å². The standard InChI is InChI=1S/C18H22N4OS/c1-18(9-5-11-24-18)13-20-17(23)22-15-8-10-19-16(21-15)12-14-6-3-2-4-7-14/h2-4,6-8,10H,5,9,11-13H2,1H3,(H2,19,20,21,22,23). The lowest BCUT2D eigenvalue weighted by Crippen LogP contribution is -2.39. The van der Waals surface area contributed by atoms with E-state index in [1.807, 2.05) is 42.1 Å². The predicted octanol–water partition coefficient (Wildman–Crippen LogP) is 3.47. The smallest absolute Gasteiger partial charge is 0.320 e. The topological polar surface area (TPSA) is 66.9 Å². The fourth-order valence-corrected chi connectivity index (χ4v) is 3.98. The van der Waals surface area contributed by atoms with Crippen molar-refractivity contribution in [2.75, 3.05) is 17.6 Å². The van der Waals surface area contributed by atoms with Crippen LogP contribution in [0.25, 0.3) is 0 Å². The van der Waals surface area contributed by atoms with Crippen molar-refractivity contribution in [3.05, 3.63) is 54.0 Å². The average molecular weight is 342 g/mol. The van der Waals surface area contributed by atoms with Gasteiger partial charge in [-0.2, -0.15) is 11.8 Å². The number of rotatable bonds is 5. The molecule has 1 aliphatic rings. The molecule has 1 fully saturated rings. The first-order valence-corrected chi connectivity index (χ1v) is 9.16. The summed E-state index contributed by atoms with van der Waals surface area (Å²) in [5.41, 5.74) is 1.14. The third-order valence-electron chi connectivity index (χ3n) is 4.08. The van der Waals surface area contributed by atoms with E-state index < -0.39 is 0 Å². The van der Waals surface area contributed by atoms with Gasteiger partial charge in [0.05, 0.1) is 0 Å². The molecule has 1 saturated heterocycles. The van der Waals surface area contributed by atoms with Crippen LogP contribution in [0.1, 0.15) is 31.2 Å². The lowest BCUT2D eigenvalue weighted by Gasteiger charge is -2.22. The number of nitrogens with zero attached hydrogens (tertiary/aromatic N) is 2. The summed E-state index contributed by atoms with van der Waals surface area (Å²) in [6.45, 7) is 2.87. The van der Waals surface area contributed by atoms with Crippen molar-refractivity contribution in [1.29, 1.82) is 0 Å². The van der Waals surface area contributed by atoms with E-state index in [0.29, 0.717) is 24.6 Å². The molecule has 0 radical (unpaired) electrons. The molecule has 0 aliphatic carbocycles. The Morgan fingerprint density at radius 3 is 2.88 bits per heavy atom. The van der Waals surface area contributed by atoms with Gasteiger partial charge >= 0.3 is 6.03 Å². The molecule has 1 aromatic carbocycles. The minimum Gasteiger partial charge on any atom is -0.336 e.